The second-order valence-corrected chi connectivity index (χ2v) is 4.13. The number of nitro groups is 1. The van der Waals surface area contributed by atoms with E-state index in [0.29, 0.717) is 0 Å². The normalized spacial score (nSPS) is 10.1. The van der Waals surface area contributed by atoms with Crippen LogP contribution in [-0.2, 0) is 20.9 Å². The summed E-state index contributed by atoms with van der Waals surface area (Å²) < 4.78 is 5.89. The molecule has 0 saturated heterocycles. The number of Topliss-reactive ketones (excluding diaryl/α,β-unsaturated/α-hetero) is 1. The third-order valence-electron chi connectivity index (χ3n) is 1.86. The van der Waals surface area contributed by atoms with Gasteiger partial charge in [-0.05, 0) is 27.8 Å². The smallest absolute Gasteiger partial charge is 0.404 e. The van der Waals surface area contributed by atoms with Gasteiger partial charge in [-0.2, -0.15) is 4.68 Å². The lowest BCUT2D eigenvalue weighted by Gasteiger charge is -1.99. The van der Waals surface area contributed by atoms with Gasteiger partial charge in [0.05, 0.1) is 17.9 Å². The maximum atomic E-state index is 11.4. The van der Waals surface area contributed by atoms with E-state index in [1.54, 1.807) is 6.92 Å². The first-order valence-electron chi connectivity index (χ1n) is 4.98. The van der Waals surface area contributed by atoms with Gasteiger partial charge >= 0.3 is 11.8 Å². The van der Waals surface area contributed by atoms with Crippen molar-refractivity contribution in [1.82, 2.24) is 9.78 Å². The summed E-state index contributed by atoms with van der Waals surface area (Å²) in [5.41, 5.74) is 0. The Morgan fingerprint density at radius 2 is 2.28 bits per heavy atom. The SMILES string of the molecule is CCOC(=O)CC(=O)Cn1cc(Br)c([N+](=O)[O-])n1. The van der Waals surface area contributed by atoms with E-state index in [1.807, 2.05) is 0 Å². The summed E-state index contributed by atoms with van der Waals surface area (Å²) in [7, 11) is 0. The summed E-state index contributed by atoms with van der Waals surface area (Å²) >= 11 is 2.96. The number of carbonyl (C=O) groups excluding carboxylic acids is 2. The second-order valence-electron chi connectivity index (χ2n) is 3.28. The lowest BCUT2D eigenvalue weighted by atomic mass is 10.3. The highest BCUT2D eigenvalue weighted by Crippen LogP contribution is 2.21. The topological polar surface area (TPSA) is 104 Å². The minimum Gasteiger partial charge on any atom is -0.466 e. The minimum atomic E-state index is -0.670. The number of hydrogen-bond donors (Lipinski definition) is 0. The van der Waals surface area contributed by atoms with E-state index < -0.39 is 16.7 Å². The van der Waals surface area contributed by atoms with E-state index in [-0.39, 0.29) is 29.9 Å². The molecule has 0 aliphatic heterocycles. The third kappa shape index (κ3) is 3.91. The first kappa shape index (κ1) is 14.3. The molecule has 8 nitrogen and oxygen atoms in total. The number of esters is 1. The molecule has 9 heteroatoms. The number of halogens is 1. The highest BCUT2D eigenvalue weighted by atomic mass is 79.9. The van der Waals surface area contributed by atoms with Crippen LogP contribution in [0.25, 0.3) is 0 Å². The zero-order valence-corrected chi connectivity index (χ0v) is 11.0. The van der Waals surface area contributed by atoms with Crippen LogP contribution in [0.15, 0.2) is 10.7 Å². The number of hydrogen-bond acceptors (Lipinski definition) is 6. The maximum Gasteiger partial charge on any atom is 0.404 e. The quantitative estimate of drug-likeness (QED) is 0.336. The zero-order valence-electron chi connectivity index (χ0n) is 9.46. The largest absolute Gasteiger partial charge is 0.466 e. The molecule has 0 unspecified atom stereocenters. The molecule has 0 radical (unpaired) electrons. The van der Waals surface area contributed by atoms with Crippen LogP contribution >= 0.6 is 15.9 Å². The fraction of sp³-hybridized carbons (Fsp3) is 0.444. The monoisotopic (exact) mass is 319 g/mol. The van der Waals surface area contributed by atoms with E-state index >= 15 is 0 Å². The van der Waals surface area contributed by atoms with Gasteiger partial charge in [-0.15, -0.1) is 0 Å². The van der Waals surface area contributed by atoms with Crippen LogP contribution in [0.3, 0.4) is 0 Å². The number of aromatic nitrogens is 2. The van der Waals surface area contributed by atoms with Crippen LogP contribution < -0.4 is 0 Å². The van der Waals surface area contributed by atoms with Crippen molar-refractivity contribution in [2.75, 3.05) is 6.61 Å². The summed E-state index contributed by atoms with van der Waals surface area (Å²) in [4.78, 5) is 32.3. The van der Waals surface area contributed by atoms with Gasteiger partial charge in [0.1, 0.15) is 17.4 Å². The molecule has 0 saturated carbocycles. The Balaban J connectivity index is 2.62. The van der Waals surface area contributed by atoms with Gasteiger partial charge < -0.3 is 14.9 Å². The van der Waals surface area contributed by atoms with E-state index in [4.69, 9.17) is 0 Å². The standard InChI is InChI=1S/C9H10BrN3O5/c1-2-18-8(15)3-6(14)4-12-5-7(10)9(11-12)13(16)17/h5H,2-4H2,1H3. The number of rotatable bonds is 6. The van der Waals surface area contributed by atoms with Crippen molar-refractivity contribution in [3.05, 3.63) is 20.8 Å². The summed E-state index contributed by atoms with van der Waals surface area (Å²) in [5.74, 6) is -1.43. The van der Waals surface area contributed by atoms with Gasteiger partial charge in [-0.25, -0.2) is 0 Å². The average Bonchev–Trinajstić information content (AvgIpc) is 2.59. The van der Waals surface area contributed by atoms with Crippen molar-refractivity contribution in [3.63, 3.8) is 0 Å². The van der Waals surface area contributed by atoms with E-state index in [9.17, 15) is 19.7 Å². The molecule has 1 heterocycles. The van der Waals surface area contributed by atoms with Crippen molar-refractivity contribution in [2.24, 2.45) is 0 Å². The molecule has 0 spiro atoms. The molecule has 0 atom stereocenters. The third-order valence-corrected chi connectivity index (χ3v) is 2.42. The van der Waals surface area contributed by atoms with Crippen LogP contribution in [0.4, 0.5) is 5.82 Å². The Morgan fingerprint density at radius 3 is 2.78 bits per heavy atom. The Kier molecular flexibility index (Phi) is 4.95. The van der Waals surface area contributed by atoms with Crippen molar-refractivity contribution in [1.29, 1.82) is 0 Å². The molecule has 0 aliphatic carbocycles. The predicted octanol–water partition coefficient (Wildman–Crippen LogP) is 1.08. The van der Waals surface area contributed by atoms with Crippen LogP contribution in [0.5, 0.6) is 0 Å². The molecular formula is C9H10BrN3O5. The molecule has 18 heavy (non-hydrogen) atoms. The molecule has 0 N–H and O–H groups in total. The molecule has 0 fully saturated rings. The fourth-order valence-corrected chi connectivity index (χ4v) is 1.66. The molecule has 0 aliphatic rings. The Bertz CT molecular complexity index is 485. The van der Waals surface area contributed by atoms with Crippen molar-refractivity contribution in [2.45, 2.75) is 19.9 Å². The fourth-order valence-electron chi connectivity index (χ4n) is 1.20. The van der Waals surface area contributed by atoms with Crippen molar-refractivity contribution in [3.8, 4) is 0 Å². The number of ether oxygens (including phenoxy) is 1. The van der Waals surface area contributed by atoms with Crippen LogP contribution in [0.1, 0.15) is 13.3 Å². The van der Waals surface area contributed by atoms with Gasteiger partial charge in [-0.1, -0.05) is 0 Å². The van der Waals surface area contributed by atoms with E-state index in [1.165, 1.54) is 6.20 Å². The molecular weight excluding hydrogens is 310 g/mol. The Morgan fingerprint density at radius 1 is 1.61 bits per heavy atom. The van der Waals surface area contributed by atoms with Gasteiger partial charge in [0.15, 0.2) is 5.78 Å². The lowest BCUT2D eigenvalue weighted by molar-refractivity contribution is -0.390. The molecule has 98 valence electrons. The highest BCUT2D eigenvalue weighted by molar-refractivity contribution is 9.10. The van der Waals surface area contributed by atoms with Gasteiger partial charge in [0, 0.05) is 0 Å². The van der Waals surface area contributed by atoms with Crippen molar-refractivity contribution < 1.29 is 19.2 Å². The van der Waals surface area contributed by atoms with Crippen molar-refractivity contribution >= 4 is 33.5 Å². The Labute approximate surface area is 110 Å². The van der Waals surface area contributed by atoms with Gasteiger partial charge in [-0.3, -0.25) is 9.59 Å². The highest BCUT2D eigenvalue weighted by Gasteiger charge is 2.20. The number of nitrogens with zero attached hydrogens (tertiary/aromatic N) is 3. The molecule has 1 aromatic rings. The molecule has 0 amide bonds. The van der Waals surface area contributed by atoms with E-state index in [0.717, 1.165) is 4.68 Å². The number of carbonyl (C=O) groups is 2. The molecule has 1 rings (SSSR count). The molecule has 0 bridgehead atoms. The van der Waals surface area contributed by atoms with Gasteiger partial charge in [0.25, 0.3) is 0 Å². The first-order valence-corrected chi connectivity index (χ1v) is 5.78. The van der Waals surface area contributed by atoms with Crippen LogP contribution in [0, 0.1) is 10.1 Å². The number of ketones is 1. The summed E-state index contributed by atoms with van der Waals surface area (Å²) in [5, 5.41) is 14.1. The second kappa shape index (κ2) is 6.24. The Hall–Kier alpha value is -1.77. The average molecular weight is 320 g/mol. The minimum absolute atomic E-state index is 0.177. The predicted molar refractivity (Wildman–Crippen MR) is 62.8 cm³/mol. The summed E-state index contributed by atoms with van der Waals surface area (Å²) in [6.45, 7) is 1.62. The van der Waals surface area contributed by atoms with Gasteiger partial charge in [0.2, 0.25) is 0 Å². The molecule has 1 aromatic heterocycles. The van der Waals surface area contributed by atoms with Crippen LogP contribution in [-0.4, -0.2) is 33.1 Å². The molecule has 0 aromatic carbocycles. The lowest BCUT2D eigenvalue weighted by Crippen LogP contribution is -2.16. The summed E-state index contributed by atoms with van der Waals surface area (Å²) in [6, 6.07) is 0. The zero-order chi connectivity index (χ0) is 13.7. The van der Waals surface area contributed by atoms with Crippen LogP contribution in [0.2, 0.25) is 0 Å². The maximum absolute atomic E-state index is 11.4. The first-order chi connectivity index (χ1) is 8.43. The summed E-state index contributed by atoms with van der Waals surface area (Å²) in [6.07, 6.45) is 0.931. The van der Waals surface area contributed by atoms with E-state index in [2.05, 4.69) is 25.8 Å².